The average Bonchev–Trinajstić information content (AvgIpc) is 3.06. The number of para-hydroxylation sites is 2. The second kappa shape index (κ2) is 5.30. The lowest BCUT2D eigenvalue weighted by molar-refractivity contribution is -0.141. The lowest BCUT2D eigenvalue weighted by atomic mass is 10.1. The molecule has 0 unspecified atom stereocenters. The molecule has 23 heavy (non-hydrogen) atoms. The second-order valence-corrected chi connectivity index (χ2v) is 6.21. The third-order valence-corrected chi connectivity index (χ3v) is 4.82. The zero-order valence-corrected chi connectivity index (χ0v) is 13.0. The molecule has 2 aromatic rings. The van der Waals surface area contributed by atoms with Gasteiger partial charge in [-0.1, -0.05) is 12.1 Å². The van der Waals surface area contributed by atoms with Crippen LogP contribution in [0, 0.1) is 0 Å². The van der Waals surface area contributed by atoms with E-state index in [9.17, 15) is 9.59 Å². The summed E-state index contributed by atoms with van der Waals surface area (Å²) in [6.07, 6.45) is 3.48. The van der Waals surface area contributed by atoms with Crippen molar-refractivity contribution in [3.05, 3.63) is 36.2 Å². The molecule has 0 spiro atoms. The van der Waals surface area contributed by atoms with Gasteiger partial charge in [0.15, 0.2) is 0 Å². The van der Waals surface area contributed by atoms with Crippen LogP contribution in [0.25, 0.3) is 11.0 Å². The Kier molecular flexibility index (Phi) is 3.25. The second-order valence-electron chi connectivity index (χ2n) is 6.21. The maximum Gasteiger partial charge on any atom is 0.274 e. The van der Waals surface area contributed by atoms with Crippen LogP contribution in [0.15, 0.2) is 30.5 Å². The van der Waals surface area contributed by atoms with Crippen LogP contribution in [0.1, 0.15) is 30.3 Å². The van der Waals surface area contributed by atoms with Gasteiger partial charge in [-0.05, 0) is 31.9 Å². The van der Waals surface area contributed by atoms with E-state index in [1.54, 1.807) is 11.8 Å². The molecule has 4 rings (SSSR count). The van der Waals surface area contributed by atoms with Crippen molar-refractivity contribution < 1.29 is 9.59 Å². The van der Waals surface area contributed by atoms with Gasteiger partial charge in [-0.25, -0.2) is 4.98 Å². The van der Waals surface area contributed by atoms with Crippen LogP contribution in [-0.2, 0) is 4.79 Å². The van der Waals surface area contributed by atoms with Crippen molar-refractivity contribution in [1.29, 1.82) is 0 Å². The molecule has 0 N–H and O–H groups in total. The van der Waals surface area contributed by atoms with Crippen molar-refractivity contribution in [1.82, 2.24) is 19.8 Å². The van der Waals surface area contributed by atoms with E-state index in [2.05, 4.69) is 9.97 Å². The first-order valence-corrected chi connectivity index (χ1v) is 7.98. The van der Waals surface area contributed by atoms with Crippen molar-refractivity contribution in [3.8, 4) is 0 Å². The molecule has 0 saturated carbocycles. The van der Waals surface area contributed by atoms with Gasteiger partial charge in [0.05, 0.1) is 17.2 Å². The number of amides is 2. The Morgan fingerprint density at radius 3 is 2.87 bits per heavy atom. The average molecular weight is 310 g/mol. The highest BCUT2D eigenvalue weighted by Crippen LogP contribution is 2.26. The lowest BCUT2D eigenvalue weighted by Gasteiger charge is -2.41. The summed E-state index contributed by atoms with van der Waals surface area (Å²) in [7, 11) is 0. The SMILES string of the molecule is C[C@H]1C(=O)N2CCC[C@H]2CN1C(=O)c1cnc2ccccc2n1. The van der Waals surface area contributed by atoms with E-state index in [0.717, 1.165) is 24.9 Å². The van der Waals surface area contributed by atoms with Crippen LogP contribution in [-0.4, -0.2) is 56.8 Å². The van der Waals surface area contributed by atoms with E-state index in [-0.39, 0.29) is 17.9 Å². The van der Waals surface area contributed by atoms with Crippen LogP contribution in [0.5, 0.6) is 0 Å². The molecule has 2 aliphatic heterocycles. The molecule has 0 radical (unpaired) electrons. The Bertz CT molecular complexity index is 791. The standard InChI is InChI=1S/C17H18N4O2/c1-11-16(22)20-8-4-5-12(20)10-21(11)17(23)15-9-18-13-6-2-3-7-14(13)19-15/h2-3,6-7,9,11-12H,4-5,8,10H2,1H3/t11-,12-/m0/s1. The topological polar surface area (TPSA) is 66.4 Å². The fourth-order valence-corrected chi connectivity index (χ4v) is 3.54. The fourth-order valence-electron chi connectivity index (χ4n) is 3.54. The number of piperazine rings is 1. The van der Waals surface area contributed by atoms with Crippen LogP contribution in [0.4, 0.5) is 0 Å². The van der Waals surface area contributed by atoms with E-state index in [1.807, 2.05) is 29.2 Å². The molecule has 2 saturated heterocycles. The van der Waals surface area contributed by atoms with Gasteiger partial charge in [-0.3, -0.25) is 14.6 Å². The number of benzene rings is 1. The lowest BCUT2D eigenvalue weighted by Crippen LogP contribution is -2.60. The minimum Gasteiger partial charge on any atom is -0.336 e. The van der Waals surface area contributed by atoms with E-state index < -0.39 is 6.04 Å². The van der Waals surface area contributed by atoms with Crippen LogP contribution in [0.3, 0.4) is 0 Å². The number of carbonyl (C=O) groups is 2. The zero-order valence-electron chi connectivity index (χ0n) is 13.0. The zero-order chi connectivity index (χ0) is 16.0. The predicted octanol–water partition coefficient (Wildman–Crippen LogP) is 1.47. The quantitative estimate of drug-likeness (QED) is 0.800. The number of hydrogen-bond acceptors (Lipinski definition) is 4. The molecule has 2 atom stereocenters. The maximum atomic E-state index is 12.8. The van der Waals surface area contributed by atoms with Gasteiger partial charge in [0.1, 0.15) is 11.7 Å². The normalized spacial score (nSPS) is 24.1. The first-order chi connectivity index (χ1) is 11.1. The summed E-state index contributed by atoms with van der Waals surface area (Å²) < 4.78 is 0. The van der Waals surface area contributed by atoms with Gasteiger partial charge in [0, 0.05) is 19.1 Å². The Morgan fingerprint density at radius 2 is 2.04 bits per heavy atom. The summed E-state index contributed by atoms with van der Waals surface area (Å²) >= 11 is 0. The maximum absolute atomic E-state index is 12.8. The summed E-state index contributed by atoms with van der Waals surface area (Å²) in [5.41, 5.74) is 1.75. The largest absolute Gasteiger partial charge is 0.336 e. The summed E-state index contributed by atoms with van der Waals surface area (Å²) in [6, 6.07) is 7.16. The molecule has 0 aliphatic carbocycles. The van der Waals surface area contributed by atoms with Crippen LogP contribution in [0.2, 0.25) is 0 Å². The van der Waals surface area contributed by atoms with Crippen LogP contribution < -0.4 is 0 Å². The van der Waals surface area contributed by atoms with E-state index in [4.69, 9.17) is 0 Å². The molecule has 118 valence electrons. The van der Waals surface area contributed by atoms with Crippen molar-refractivity contribution in [2.24, 2.45) is 0 Å². The molecular weight excluding hydrogens is 292 g/mol. The molecule has 6 nitrogen and oxygen atoms in total. The van der Waals surface area contributed by atoms with Gasteiger partial charge in [-0.15, -0.1) is 0 Å². The van der Waals surface area contributed by atoms with Crippen molar-refractivity contribution in [2.45, 2.75) is 31.8 Å². The molecule has 6 heteroatoms. The highest BCUT2D eigenvalue weighted by Gasteiger charge is 2.42. The number of carbonyl (C=O) groups excluding carboxylic acids is 2. The van der Waals surface area contributed by atoms with E-state index in [1.165, 1.54) is 6.20 Å². The van der Waals surface area contributed by atoms with Crippen molar-refractivity contribution >= 4 is 22.8 Å². The Morgan fingerprint density at radius 1 is 1.26 bits per heavy atom. The third kappa shape index (κ3) is 2.25. The smallest absolute Gasteiger partial charge is 0.274 e. The number of rotatable bonds is 1. The molecule has 1 aromatic heterocycles. The molecule has 3 heterocycles. The van der Waals surface area contributed by atoms with Gasteiger partial charge >= 0.3 is 0 Å². The molecule has 0 bridgehead atoms. The van der Waals surface area contributed by atoms with E-state index >= 15 is 0 Å². The Labute approximate surface area is 134 Å². The Balaban J connectivity index is 1.65. The first-order valence-electron chi connectivity index (χ1n) is 7.98. The number of fused-ring (bicyclic) bond motifs is 2. The van der Waals surface area contributed by atoms with Gasteiger partial charge in [0.2, 0.25) is 5.91 Å². The minimum absolute atomic E-state index is 0.0425. The number of hydrogen-bond donors (Lipinski definition) is 0. The molecular formula is C17H18N4O2. The molecule has 2 amide bonds. The molecule has 2 fully saturated rings. The summed E-state index contributed by atoms with van der Waals surface area (Å²) in [6.45, 7) is 3.19. The minimum atomic E-state index is -0.440. The first kappa shape index (κ1) is 14.1. The summed E-state index contributed by atoms with van der Waals surface area (Å²) in [4.78, 5) is 37.6. The monoisotopic (exact) mass is 310 g/mol. The van der Waals surface area contributed by atoms with Gasteiger partial charge in [-0.2, -0.15) is 0 Å². The van der Waals surface area contributed by atoms with Gasteiger partial charge in [0.25, 0.3) is 5.91 Å². The predicted molar refractivity (Wildman–Crippen MR) is 84.8 cm³/mol. The summed E-state index contributed by atoms with van der Waals surface area (Å²) in [5, 5.41) is 0. The highest BCUT2D eigenvalue weighted by atomic mass is 16.2. The summed E-state index contributed by atoms with van der Waals surface area (Å²) in [5.74, 6) is -0.170. The number of nitrogens with zero attached hydrogens (tertiary/aromatic N) is 4. The van der Waals surface area contributed by atoms with Gasteiger partial charge < -0.3 is 9.80 Å². The Hall–Kier alpha value is -2.50. The molecule has 1 aromatic carbocycles. The van der Waals surface area contributed by atoms with Crippen molar-refractivity contribution in [2.75, 3.05) is 13.1 Å². The van der Waals surface area contributed by atoms with E-state index in [0.29, 0.717) is 17.8 Å². The highest BCUT2D eigenvalue weighted by molar-refractivity contribution is 5.97. The number of aromatic nitrogens is 2. The van der Waals surface area contributed by atoms with Crippen molar-refractivity contribution in [3.63, 3.8) is 0 Å². The third-order valence-electron chi connectivity index (χ3n) is 4.82. The fraction of sp³-hybridized carbons (Fsp3) is 0.412. The molecule has 2 aliphatic rings. The van der Waals surface area contributed by atoms with Crippen LogP contribution >= 0.6 is 0 Å².